The molecule has 2 aromatic carbocycles. The van der Waals surface area contributed by atoms with E-state index in [9.17, 15) is 18.4 Å². The van der Waals surface area contributed by atoms with Crippen molar-refractivity contribution in [2.45, 2.75) is 0 Å². The Morgan fingerprint density at radius 3 is 2.52 bits per heavy atom. The van der Waals surface area contributed by atoms with Crippen molar-refractivity contribution in [2.24, 2.45) is 0 Å². The summed E-state index contributed by atoms with van der Waals surface area (Å²) in [6.07, 6.45) is 0. The largest absolute Gasteiger partial charge is 0.496 e. The maximum atomic E-state index is 14.2. The minimum atomic E-state index is -1.02. The van der Waals surface area contributed by atoms with Gasteiger partial charge < -0.3 is 9.84 Å². The van der Waals surface area contributed by atoms with Crippen molar-refractivity contribution in [3.63, 3.8) is 0 Å². The molecule has 0 unspecified atom stereocenters. The first-order valence-corrected chi connectivity index (χ1v) is 8.93. The number of halogens is 2. The molecule has 1 heterocycles. The smallest absolute Gasteiger partial charge is 0.272 e. The fourth-order valence-electron chi connectivity index (χ4n) is 2.76. The normalized spacial score (nSPS) is 14.3. The molecule has 140 valence electrons. The van der Waals surface area contributed by atoms with Gasteiger partial charge in [-0.2, -0.15) is 0 Å². The SMILES string of the molecule is COc1ccccc1C1=C(SCCO)C(=O)N(c2ccc(F)cc2F)C1=O. The van der Waals surface area contributed by atoms with E-state index in [4.69, 9.17) is 9.84 Å². The number of rotatable bonds is 6. The van der Waals surface area contributed by atoms with Gasteiger partial charge in [0.2, 0.25) is 0 Å². The minimum Gasteiger partial charge on any atom is -0.496 e. The van der Waals surface area contributed by atoms with Crippen molar-refractivity contribution < 1.29 is 28.2 Å². The van der Waals surface area contributed by atoms with Gasteiger partial charge in [0.15, 0.2) is 0 Å². The Bertz CT molecular complexity index is 945. The monoisotopic (exact) mass is 391 g/mol. The highest BCUT2D eigenvalue weighted by Gasteiger charge is 2.42. The molecule has 1 aliphatic heterocycles. The highest BCUT2D eigenvalue weighted by Crippen LogP contribution is 2.41. The lowest BCUT2D eigenvalue weighted by molar-refractivity contribution is -0.119. The molecular formula is C19H15F2NO4S. The summed E-state index contributed by atoms with van der Waals surface area (Å²) in [4.78, 5) is 26.7. The Kier molecular flexibility index (Phi) is 5.57. The zero-order chi connectivity index (χ0) is 19.6. The number of ether oxygens (including phenoxy) is 1. The van der Waals surface area contributed by atoms with Crippen LogP contribution in [0, 0.1) is 11.6 Å². The Hall–Kier alpha value is -2.71. The van der Waals surface area contributed by atoms with Gasteiger partial charge in [0.05, 0.1) is 29.9 Å². The lowest BCUT2D eigenvalue weighted by Crippen LogP contribution is -2.32. The lowest BCUT2D eigenvalue weighted by atomic mass is 10.0. The second kappa shape index (κ2) is 7.89. The molecular weight excluding hydrogens is 376 g/mol. The minimum absolute atomic E-state index is 0.0552. The average Bonchev–Trinajstić information content (AvgIpc) is 2.90. The van der Waals surface area contributed by atoms with Crippen LogP contribution in [-0.4, -0.2) is 36.4 Å². The molecule has 1 aliphatic rings. The number of imide groups is 1. The number of methoxy groups -OCH3 is 1. The number of hydrogen-bond donors (Lipinski definition) is 1. The van der Waals surface area contributed by atoms with Gasteiger partial charge in [0.1, 0.15) is 17.4 Å². The van der Waals surface area contributed by atoms with Gasteiger partial charge >= 0.3 is 0 Å². The lowest BCUT2D eigenvalue weighted by Gasteiger charge is -2.16. The van der Waals surface area contributed by atoms with Crippen LogP contribution in [0.4, 0.5) is 14.5 Å². The highest BCUT2D eigenvalue weighted by atomic mass is 32.2. The number of carbonyl (C=O) groups excluding carboxylic acids is 2. The summed E-state index contributed by atoms with van der Waals surface area (Å²) in [6, 6.07) is 9.26. The van der Waals surface area contributed by atoms with E-state index in [-0.39, 0.29) is 28.5 Å². The average molecular weight is 391 g/mol. The van der Waals surface area contributed by atoms with Gasteiger partial charge in [0.25, 0.3) is 11.8 Å². The first kappa shape index (κ1) is 19.1. The maximum Gasteiger partial charge on any atom is 0.272 e. The Balaban J connectivity index is 2.14. The van der Waals surface area contributed by atoms with Crippen molar-refractivity contribution in [3.05, 3.63) is 64.6 Å². The standard InChI is InChI=1S/C19H15F2NO4S/c1-26-15-5-3-2-4-12(15)16-17(27-9-8-23)19(25)22(18(16)24)14-7-6-11(20)10-13(14)21/h2-7,10,23H,8-9H2,1H3. The van der Waals surface area contributed by atoms with Crippen molar-refractivity contribution in [1.29, 1.82) is 0 Å². The number of hydrogen-bond acceptors (Lipinski definition) is 5. The highest BCUT2D eigenvalue weighted by molar-refractivity contribution is 8.04. The molecule has 27 heavy (non-hydrogen) atoms. The van der Waals surface area contributed by atoms with Crippen LogP contribution in [0.2, 0.25) is 0 Å². The van der Waals surface area contributed by atoms with Crippen molar-refractivity contribution in [3.8, 4) is 5.75 Å². The molecule has 2 amide bonds. The van der Waals surface area contributed by atoms with E-state index in [2.05, 4.69) is 0 Å². The molecule has 0 aromatic heterocycles. The predicted octanol–water partition coefficient (Wildman–Crippen LogP) is 2.98. The molecule has 5 nitrogen and oxygen atoms in total. The Morgan fingerprint density at radius 2 is 1.85 bits per heavy atom. The fraction of sp³-hybridized carbons (Fsp3) is 0.158. The van der Waals surface area contributed by atoms with Crippen LogP contribution in [-0.2, 0) is 9.59 Å². The third kappa shape index (κ3) is 3.45. The maximum absolute atomic E-state index is 14.2. The molecule has 1 N–H and O–H groups in total. The number of amides is 2. The van der Waals surface area contributed by atoms with Crippen LogP contribution in [0.1, 0.15) is 5.56 Å². The molecule has 0 saturated carbocycles. The summed E-state index contributed by atoms with van der Waals surface area (Å²) in [7, 11) is 1.43. The summed E-state index contributed by atoms with van der Waals surface area (Å²) in [6.45, 7) is -0.209. The van der Waals surface area contributed by atoms with E-state index >= 15 is 0 Å². The molecule has 0 spiro atoms. The molecule has 0 atom stereocenters. The molecule has 0 radical (unpaired) electrons. The molecule has 0 bridgehead atoms. The van der Waals surface area contributed by atoms with Crippen molar-refractivity contribution >= 4 is 34.8 Å². The number of para-hydroxylation sites is 1. The van der Waals surface area contributed by atoms with Crippen LogP contribution in [0.25, 0.3) is 5.57 Å². The number of aliphatic hydroxyl groups excluding tert-OH is 1. The number of carbonyl (C=O) groups is 2. The van der Waals surface area contributed by atoms with E-state index in [1.54, 1.807) is 24.3 Å². The Morgan fingerprint density at radius 1 is 1.11 bits per heavy atom. The molecule has 2 aromatic rings. The first-order valence-electron chi connectivity index (χ1n) is 7.94. The second-order valence-corrected chi connectivity index (χ2v) is 6.62. The van der Waals surface area contributed by atoms with Crippen LogP contribution >= 0.6 is 11.8 Å². The van der Waals surface area contributed by atoms with Crippen LogP contribution in [0.3, 0.4) is 0 Å². The zero-order valence-corrected chi connectivity index (χ0v) is 15.1. The number of thioether (sulfide) groups is 1. The van der Waals surface area contributed by atoms with Gasteiger partial charge in [-0.25, -0.2) is 13.7 Å². The summed E-state index contributed by atoms with van der Waals surface area (Å²) in [5.74, 6) is -2.77. The van der Waals surface area contributed by atoms with Crippen LogP contribution in [0.15, 0.2) is 47.4 Å². The fourth-order valence-corrected chi connectivity index (χ4v) is 3.61. The van der Waals surface area contributed by atoms with E-state index in [0.29, 0.717) is 22.3 Å². The topological polar surface area (TPSA) is 66.8 Å². The predicted molar refractivity (Wildman–Crippen MR) is 98.3 cm³/mol. The number of benzene rings is 2. The van der Waals surface area contributed by atoms with Gasteiger partial charge in [0, 0.05) is 17.4 Å². The summed E-state index contributed by atoms with van der Waals surface area (Å²) in [5.41, 5.74) is 0.0989. The molecule has 0 saturated heterocycles. The van der Waals surface area contributed by atoms with Crippen molar-refractivity contribution in [1.82, 2.24) is 0 Å². The van der Waals surface area contributed by atoms with Crippen LogP contribution < -0.4 is 9.64 Å². The zero-order valence-electron chi connectivity index (χ0n) is 14.2. The van der Waals surface area contributed by atoms with E-state index < -0.39 is 23.4 Å². The third-order valence-electron chi connectivity index (χ3n) is 3.91. The quantitative estimate of drug-likeness (QED) is 0.767. The van der Waals surface area contributed by atoms with Gasteiger partial charge in [-0.3, -0.25) is 9.59 Å². The molecule has 0 fully saturated rings. The molecule has 0 aliphatic carbocycles. The first-order chi connectivity index (χ1) is 13.0. The van der Waals surface area contributed by atoms with E-state index in [1.807, 2.05) is 0 Å². The summed E-state index contributed by atoms with van der Waals surface area (Å²) >= 11 is 0.991. The van der Waals surface area contributed by atoms with E-state index in [0.717, 1.165) is 23.9 Å². The third-order valence-corrected chi connectivity index (χ3v) is 4.96. The Labute approximate surface area is 158 Å². The summed E-state index contributed by atoms with van der Waals surface area (Å²) < 4.78 is 32.7. The number of anilines is 1. The van der Waals surface area contributed by atoms with Gasteiger partial charge in [-0.05, 0) is 18.2 Å². The number of aliphatic hydroxyl groups is 1. The van der Waals surface area contributed by atoms with Gasteiger partial charge in [-0.15, -0.1) is 11.8 Å². The number of nitrogens with zero attached hydrogens (tertiary/aromatic N) is 1. The molecule has 8 heteroatoms. The van der Waals surface area contributed by atoms with Gasteiger partial charge in [-0.1, -0.05) is 18.2 Å². The van der Waals surface area contributed by atoms with Crippen molar-refractivity contribution in [2.75, 3.05) is 24.4 Å². The second-order valence-electron chi connectivity index (χ2n) is 5.52. The van der Waals surface area contributed by atoms with Crippen LogP contribution in [0.5, 0.6) is 5.75 Å². The van der Waals surface area contributed by atoms with E-state index in [1.165, 1.54) is 7.11 Å². The molecule has 3 rings (SSSR count). The summed E-state index contributed by atoms with van der Waals surface area (Å²) in [5, 5.41) is 9.11.